The van der Waals surface area contributed by atoms with E-state index >= 15 is 0 Å². The van der Waals surface area contributed by atoms with E-state index in [-0.39, 0.29) is 5.97 Å². The monoisotopic (exact) mass is 327 g/mol. The highest BCUT2D eigenvalue weighted by atomic mass is 31.2. The molecule has 0 saturated heterocycles. The van der Waals surface area contributed by atoms with Gasteiger partial charge in [-0.1, -0.05) is 29.8 Å². The molecule has 0 fully saturated rings. The number of carbonyl (C=O) groups is 1. The molecule has 1 unspecified atom stereocenters. The summed E-state index contributed by atoms with van der Waals surface area (Å²) < 4.78 is 10.7. The molecule has 23 heavy (non-hydrogen) atoms. The van der Waals surface area contributed by atoms with Crippen molar-refractivity contribution in [3.05, 3.63) is 59.7 Å². The average molecular weight is 327 g/mol. The number of carbonyl (C=O) groups excluding carboxylic acids is 1. The van der Waals surface area contributed by atoms with Crippen molar-refractivity contribution in [2.75, 3.05) is 5.09 Å². The number of aryl methyl sites for hydroxylation is 1. The van der Waals surface area contributed by atoms with Crippen molar-refractivity contribution < 1.29 is 14.1 Å². The Morgan fingerprint density at radius 2 is 1.83 bits per heavy atom. The lowest BCUT2D eigenvalue weighted by Crippen LogP contribution is -2.01. The zero-order valence-corrected chi connectivity index (χ0v) is 14.0. The van der Waals surface area contributed by atoms with Gasteiger partial charge in [-0.15, -0.1) is 6.42 Å². The number of nitrogens with one attached hydrogen (secondary N) is 1. The maximum absolute atomic E-state index is 10.9. The van der Waals surface area contributed by atoms with Gasteiger partial charge in [-0.25, -0.2) is 0 Å². The fraction of sp³-hybridized carbons (Fsp3) is 0.167. The van der Waals surface area contributed by atoms with Crippen LogP contribution in [-0.4, -0.2) is 5.97 Å². The van der Waals surface area contributed by atoms with Crippen molar-refractivity contribution in [2.45, 2.75) is 20.5 Å². The van der Waals surface area contributed by atoms with E-state index < -0.39 is 8.30 Å². The topological polar surface area (TPSA) is 47.6 Å². The van der Waals surface area contributed by atoms with Crippen LogP contribution in [-0.2, 0) is 15.9 Å². The smallest absolute Gasteiger partial charge is 0.308 e. The lowest BCUT2D eigenvalue weighted by Gasteiger charge is -2.14. The van der Waals surface area contributed by atoms with Gasteiger partial charge in [0.2, 0.25) is 8.30 Å². The Balaban J connectivity index is 1.88. The summed E-state index contributed by atoms with van der Waals surface area (Å²) in [4.78, 5) is 10.9. The number of hydrogen-bond donors (Lipinski definition) is 1. The molecule has 0 radical (unpaired) electrons. The molecule has 2 aromatic carbocycles. The van der Waals surface area contributed by atoms with E-state index in [0.717, 1.165) is 11.3 Å². The second-order valence-corrected chi connectivity index (χ2v) is 6.24. The van der Waals surface area contributed by atoms with Crippen LogP contribution in [0.2, 0.25) is 0 Å². The quantitative estimate of drug-likeness (QED) is 0.368. The molecule has 2 rings (SSSR count). The van der Waals surface area contributed by atoms with Gasteiger partial charge >= 0.3 is 5.97 Å². The van der Waals surface area contributed by atoms with Crippen molar-refractivity contribution in [3.63, 3.8) is 0 Å². The van der Waals surface area contributed by atoms with Crippen LogP contribution in [0.15, 0.2) is 48.5 Å². The molecular weight excluding hydrogens is 309 g/mol. The van der Waals surface area contributed by atoms with E-state index in [2.05, 4.69) is 10.7 Å². The molecule has 0 aromatic heterocycles. The SMILES string of the molecule is C#CP(Nc1ccc(C)cc1)OCc1ccc(OC(C)=O)cc1. The summed E-state index contributed by atoms with van der Waals surface area (Å²) in [6.45, 7) is 3.78. The maximum atomic E-state index is 10.9. The van der Waals surface area contributed by atoms with E-state index in [1.165, 1.54) is 12.5 Å². The van der Waals surface area contributed by atoms with Crippen molar-refractivity contribution in [2.24, 2.45) is 0 Å². The molecule has 4 nitrogen and oxygen atoms in total. The Bertz CT molecular complexity index is 690. The van der Waals surface area contributed by atoms with Gasteiger partial charge in [0.1, 0.15) is 5.75 Å². The lowest BCUT2D eigenvalue weighted by atomic mass is 10.2. The number of anilines is 1. The summed E-state index contributed by atoms with van der Waals surface area (Å²) in [5, 5.41) is 3.20. The fourth-order valence-electron chi connectivity index (χ4n) is 1.81. The predicted molar refractivity (Wildman–Crippen MR) is 93.1 cm³/mol. The third-order valence-electron chi connectivity index (χ3n) is 2.94. The third-order valence-corrected chi connectivity index (χ3v) is 4.03. The molecule has 0 amide bonds. The van der Waals surface area contributed by atoms with Crippen LogP contribution in [0.4, 0.5) is 5.69 Å². The van der Waals surface area contributed by atoms with E-state index in [1.807, 2.05) is 43.3 Å². The van der Waals surface area contributed by atoms with Crippen LogP contribution in [0.3, 0.4) is 0 Å². The molecule has 0 spiro atoms. The maximum Gasteiger partial charge on any atom is 0.308 e. The molecule has 0 aliphatic rings. The summed E-state index contributed by atoms with van der Waals surface area (Å²) in [5.74, 6) is 0.172. The molecule has 0 heterocycles. The van der Waals surface area contributed by atoms with Crippen molar-refractivity contribution in [1.82, 2.24) is 0 Å². The average Bonchev–Trinajstić information content (AvgIpc) is 2.54. The Hall–Kier alpha value is -2.34. The van der Waals surface area contributed by atoms with Gasteiger partial charge in [0.15, 0.2) is 0 Å². The number of rotatable bonds is 6. The molecule has 118 valence electrons. The molecule has 2 aromatic rings. The summed E-state index contributed by atoms with van der Waals surface area (Å²) >= 11 is 0. The number of benzene rings is 2. The molecule has 0 saturated carbocycles. The number of ether oxygens (including phenoxy) is 1. The minimum absolute atomic E-state index is 0.341. The zero-order chi connectivity index (χ0) is 16.7. The highest BCUT2D eigenvalue weighted by Gasteiger charge is 2.07. The molecule has 0 bridgehead atoms. The van der Waals surface area contributed by atoms with Crippen molar-refractivity contribution in [1.29, 1.82) is 0 Å². The first-order chi connectivity index (χ1) is 11.1. The van der Waals surface area contributed by atoms with E-state index in [0.29, 0.717) is 12.4 Å². The van der Waals surface area contributed by atoms with Gasteiger partial charge in [0.05, 0.1) is 6.61 Å². The summed E-state index contributed by atoms with van der Waals surface area (Å²) in [7, 11) is -1.20. The largest absolute Gasteiger partial charge is 0.427 e. The minimum atomic E-state index is -1.20. The first kappa shape index (κ1) is 17.0. The third kappa shape index (κ3) is 5.75. The van der Waals surface area contributed by atoms with Crippen LogP contribution >= 0.6 is 8.30 Å². The van der Waals surface area contributed by atoms with Crippen LogP contribution in [0, 0.1) is 19.0 Å². The highest BCUT2D eigenvalue weighted by Crippen LogP contribution is 2.37. The zero-order valence-electron chi connectivity index (χ0n) is 13.1. The molecule has 1 N–H and O–H groups in total. The first-order valence-electron chi connectivity index (χ1n) is 7.07. The molecule has 0 aliphatic heterocycles. The van der Waals surface area contributed by atoms with E-state index in [1.54, 1.807) is 12.1 Å². The number of esters is 1. The van der Waals surface area contributed by atoms with Crippen LogP contribution in [0.5, 0.6) is 5.75 Å². The van der Waals surface area contributed by atoms with Crippen molar-refractivity contribution >= 4 is 20.0 Å². The number of terminal acetylenes is 1. The van der Waals surface area contributed by atoms with E-state index in [9.17, 15) is 4.79 Å². The van der Waals surface area contributed by atoms with Gasteiger partial charge < -0.3 is 14.3 Å². The summed E-state index contributed by atoms with van der Waals surface area (Å²) in [6, 6.07) is 15.1. The fourth-order valence-corrected chi connectivity index (χ4v) is 2.67. The Morgan fingerprint density at radius 1 is 1.17 bits per heavy atom. The molecule has 5 heteroatoms. The van der Waals surface area contributed by atoms with E-state index in [4.69, 9.17) is 15.7 Å². The second-order valence-electron chi connectivity index (χ2n) is 4.91. The standard InChI is InChI=1S/C18H18NO3P/c1-4-23(19-17-9-5-14(2)6-10-17)21-13-16-7-11-18(12-8-16)22-15(3)20/h1,5-12,19H,13H2,2-3H3. The van der Waals surface area contributed by atoms with Gasteiger partial charge in [0, 0.05) is 12.6 Å². The van der Waals surface area contributed by atoms with Crippen molar-refractivity contribution in [3.8, 4) is 17.8 Å². The summed E-state index contributed by atoms with van der Waals surface area (Å²) in [5.41, 5.74) is 5.71. The minimum Gasteiger partial charge on any atom is -0.427 e. The predicted octanol–water partition coefficient (Wildman–Crippen LogP) is 4.45. The Morgan fingerprint density at radius 3 is 2.39 bits per heavy atom. The van der Waals surface area contributed by atoms with Crippen LogP contribution in [0.25, 0.3) is 0 Å². The van der Waals surface area contributed by atoms with Gasteiger partial charge in [-0.3, -0.25) is 4.79 Å². The molecule has 0 aliphatic carbocycles. The first-order valence-corrected chi connectivity index (χ1v) is 8.33. The lowest BCUT2D eigenvalue weighted by molar-refractivity contribution is -0.131. The van der Waals surface area contributed by atoms with Crippen LogP contribution in [0.1, 0.15) is 18.1 Å². The summed E-state index contributed by atoms with van der Waals surface area (Å²) in [6.07, 6.45) is 5.53. The second kappa shape index (κ2) is 8.33. The van der Waals surface area contributed by atoms with Gasteiger partial charge in [0.25, 0.3) is 0 Å². The normalized spacial score (nSPS) is 11.3. The molecular formula is C18H18NO3P. The Kier molecular flexibility index (Phi) is 6.17. The Labute approximate surface area is 137 Å². The highest BCUT2D eigenvalue weighted by molar-refractivity contribution is 7.59. The molecule has 1 atom stereocenters. The van der Waals surface area contributed by atoms with Crippen LogP contribution < -0.4 is 9.82 Å². The van der Waals surface area contributed by atoms with Gasteiger partial charge in [-0.2, -0.15) is 0 Å². The number of hydrogen-bond acceptors (Lipinski definition) is 4. The van der Waals surface area contributed by atoms with Gasteiger partial charge in [-0.05, 0) is 42.4 Å².